The van der Waals surface area contributed by atoms with Crippen molar-refractivity contribution in [1.82, 2.24) is 0 Å². The highest BCUT2D eigenvalue weighted by Crippen LogP contribution is 2.43. The molecule has 1 heterocycles. The monoisotopic (exact) mass is 170 g/mol. The van der Waals surface area contributed by atoms with Gasteiger partial charge < -0.3 is 0 Å². The highest BCUT2D eigenvalue weighted by molar-refractivity contribution is 8.17. The van der Waals surface area contributed by atoms with Crippen LogP contribution in [0.5, 0.6) is 0 Å². The maximum absolute atomic E-state index is 11.0. The Hall–Kier alpha value is -0.240. The maximum Gasteiger partial charge on any atom is 0.197 e. The third kappa shape index (κ3) is 1.86. The van der Waals surface area contributed by atoms with Gasteiger partial charge in [0.1, 0.15) is 0 Å². The first-order chi connectivity index (χ1) is 4.91. The van der Waals surface area contributed by atoms with Gasteiger partial charge in [0.05, 0.1) is 0 Å². The van der Waals surface area contributed by atoms with Crippen molar-refractivity contribution in [2.75, 3.05) is 0 Å². The Bertz CT molecular complexity index is 220. The molecule has 1 aliphatic heterocycles. The van der Waals surface area contributed by atoms with Crippen LogP contribution < -0.4 is 0 Å². The third-order valence-electron chi connectivity index (χ3n) is 1.69. The molecule has 0 fully saturated rings. The fourth-order valence-electron chi connectivity index (χ4n) is 1.33. The summed E-state index contributed by atoms with van der Waals surface area (Å²) in [4.78, 5) is 12.3. The molecule has 1 nitrogen and oxygen atoms in total. The lowest BCUT2D eigenvalue weighted by Gasteiger charge is -2.19. The Morgan fingerprint density at radius 1 is 1.36 bits per heavy atom. The SMILES string of the molecule is CC1=C(C(C)(C)C)SC(=O)C1. The summed E-state index contributed by atoms with van der Waals surface area (Å²) in [5.74, 6) is 0. The summed E-state index contributed by atoms with van der Waals surface area (Å²) >= 11 is 1.42. The first kappa shape index (κ1) is 8.85. The summed E-state index contributed by atoms with van der Waals surface area (Å²) in [6, 6.07) is 0. The van der Waals surface area contributed by atoms with E-state index in [-0.39, 0.29) is 5.41 Å². The first-order valence-electron chi connectivity index (χ1n) is 3.82. The topological polar surface area (TPSA) is 17.1 Å². The normalized spacial score (nSPS) is 19.8. The van der Waals surface area contributed by atoms with Crippen molar-refractivity contribution in [2.45, 2.75) is 34.1 Å². The molecular formula is C9H14OS. The van der Waals surface area contributed by atoms with Gasteiger partial charge in [0.25, 0.3) is 0 Å². The first-order valence-corrected chi connectivity index (χ1v) is 4.64. The molecule has 0 saturated carbocycles. The summed E-state index contributed by atoms with van der Waals surface area (Å²) < 4.78 is 0. The van der Waals surface area contributed by atoms with E-state index in [1.807, 2.05) is 0 Å². The highest BCUT2D eigenvalue weighted by atomic mass is 32.2. The maximum atomic E-state index is 11.0. The molecule has 1 rings (SSSR count). The number of carbonyl (C=O) groups is 1. The van der Waals surface area contributed by atoms with Crippen LogP contribution in [0.25, 0.3) is 0 Å². The second kappa shape index (κ2) is 2.67. The molecule has 0 radical (unpaired) electrons. The zero-order valence-electron chi connectivity index (χ0n) is 7.52. The highest BCUT2D eigenvalue weighted by Gasteiger charge is 2.28. The van der Waals surface area contributed by atoms with E-state index < -0.39 is 0 Å². The van der Waals surface area contributed by atoms with Gasteiger partial charge in [0.2, 0.25) is 0 Å². The lowest BCUT2D eigenvalue weighted by Crippen LogP contribution is -2.06. The van der Waals surface area contributed by atoms with E-state index in [1.54, 1.807) is 0 Å². The van der Waals surface area contributed by atoms with Gasteiger partial charge in [-0.15, -0.1) is 0 Å². The lowest BCUT2D eigenvalue weighted by molar-refractivity contribution is -0.110. The fraction of sp³-hybridized carbons (Fsp3) is 0.667. The van der Waals surface area contributed by atoms with Gasteiger partial charge in [-0.3, -0.25) is 4.79 Å². The molecular weight excluding hydrogens is 156 g/mol. The summed E-state index contributed by atoms with van der Waals surface area (Å²) in [5.41, 5.74) is 1.41. The van der Waals surface area contributed by atoms with Gasteiger partial charge in [-0.2, -0.15) is 0 Å². The molecule has 0 bridgehead atoms. The van der Waals surface area contributed by atoms with Crippen LogP contribution in [0.4, 0.5) is 0 Å². The number of hydrogen-bond acceptors (Lipinski definition) is 2. The predicted octanol–water partition coefficient (Wildman–Crippen LogP) is 2.97. The van der Waals surface area contributed by atoms with E-state index in [4.69, 9.17) is 0 Å². The van der Waals surface area contributed by atoms with Crippen LogP contribution in [0.2, 0.25) is 0 Å². The van der Waals surface area contributed by atoms with Crippen LogP contribution in [-0.2, 0) is 4.79 Å². The van der Waals surface area contributed by atoms with Gasteiger partial charge in [0, 0.05) is 6.42 Å². The van der Waals surface area contributed by atoms with Crippen molar-refractivity contribution < 1.29 is 4.79 Å². The van der Waals surface area contributed by atoms with Crippen molar-refractivity contribution >= 4 is 16.9 Å². The number of allylic oxidation sites excluding steroid dienone is 2. The number of rotatable bonds is 0. The lowest BCUT2D eigenvalue weighted by atomic mass is 9.93. The van der Waals surface area contributed by atoms with Gasteiger partial charge in [0.15, 0.2) is 5.12 Å². The molecule has 62 valence electrons. The van der Waals surface area contributed by atoms with Gasteiger partial charge in [-0.05, 0) is 17.2 Å². The van der Waals surface area contributed by atoms with Crippen LogP contribution in [0.15, 0.2) is 10.5 Å². The smallest absolute Gasteiger partial charge is 0.197 e. The summed E-state index contributed by atoms with van der Waals surface area (Å²) in [6.07, 6.45) is 0.650. The Morgan fingerprint density at radius 2 is 1.91 bits per heavy atom. The molecule has 2 heteroatoms. The van der Waals surface area contributed by atoms with Crippen LogP contribution in [-0.4, -0.2) is 5.12 Å². The standard InChI is InChI=1S/C9H14OS/c1-6-5-7(10)11-8(6)9(2,3)4/h5H2,1-4H3. The van der Waals surface area contributed by atoms with E-state index >= 15 is 0 Å². The van der Waals surface area contributed by atoms with E-state index in [1.165, 1.54) is 22.2 Å². The molecule has 11 heavy (non-hydrogen) atoms. The Kier molecular flexibility index (Phi) is 2.15. The van der Waals surface area contributed by atoms with E-state index in [0.29, 0.717) is 11.5 Å². The molecule has 0 aromatic rings. The number of hydrogen-bond donors (Lipinski definition) is 0. The van der Waals surface area contributed by atoms with Crippen molar-refractivity contribution in [1.29, 1.82) is 0 Å². The number of carbonyl (C=O) groups excluding carboxylic acids is 1. The minimum atomic E-state index is 0.154. The molecule has 0 spiro atoms. The quantitative estimate of drug-likeness (QED) is 0.556. The molecule has 1 aliphatic rings. The van der Waals surface area contributed by atoms with E-state index in [9.17, 15) is 4.79 Å². The van der Waals surface area contributed by atoms with Crippen LogP contribution >= 0.6 is 11.8 Å². The second-order valence-corrected chi connectivity index (χ2v) is 5.08. The second-order valence-electron chi connectivity index (χ2n) is 4.01. The Balaban J connectivity index is 2.89. The Labute approximate surface area is 72.2 Å². The molecule has 0 saturated heterocycles. The van der Waals surface area contributed by atoms with Crippen molar-refractivity contribution in [3.05, 3.63) is 10.5 Å². The molecule has 0 aliphatic carbocycles. The van der Waals surface area contributed by atoms with Crippen molar-refractivity contribution in [2.24, 2.45) is 5.41 Å². The van der Waals surface area contributed by atoms with Crippen molar-refractivity contribution in [3.63, 3.8) is 0 Å². The fourth-order valence-corrected chi connectivity index (χ4v) is 2.40. The van der Waals surface area contributed by atoms with Crippen molar-refractivity contribution in [3.8, 4) is 0 Å². The van der Waals surface area contributed by atoms with Gasteiger partial charge in [-0.1, -0.05) is 38.1 Å². The van der Waals surface area contributed by atoms with Crippen LogP contribution in [0.1, 0.15) is 34.1 Å². The Morgan fingerprint density at radius 3 is 2.09 bits per heavy atom. The molecule has 0 unspecified atom stereocenters. The minimum absolute atomic E-state index is 0.154. The average Bonchev–Trinajstić information content (AvgIpc) is 2.08. The zero-order chi connectivity index (χ0) is 8.65. The molecule has 0 atom stereocenters. The predicted molar refractivity (Wildman–Crippen MR) is 49.4 cm³/mol. The summed E-state index contributed by atoms with van der Waals surface area (Å²) in [5, 5.41) is 0.299. The zero-order valence-corrected chi connectivity index (χ0v) is 8.34. The molecule has 0 N–H and O–H groups in total. The molecule has 0 amide bonds. The summed E-state index contributed by atoms with van der Waals surface area (Å²) in [6.45, 7) is 8.50. The van der Waals surface area contributed by atoms with Crippen LogP contribution in [0, 0.1) is 5.41 Å². The van der Waals surface area contributed by atoms with E-state index in [2.05, 4.69) is 27.7 Å². The molecule has 0 aromatic carbocycles. The molecule has 0 aromatic heterocycles. The average molecular weight is 170 g/mol. The van der Waals surface area contributed by atoms with E-state index in [0.717, 1.165) is 0 Å². The van der Waals surface area contributed by atoms with Gasteiger partial charge >= 0.3 is 0 Å². The minimum Gasteiger partial charge on any atom is -0.286 e. The number of thioether (sulfide) groups is 1. The van der Waals surface area contributed by atoms with Gasteiger partial charge in [-0.25, -0.2) is 0 Å². The summed E-state index contributed by atoms with van der Waals surface area (Å²) in [7, 11) is 0. The third-order valence-corrected chi connectivity index (χ3v) is 3.23. The largest absolute Gasteiger partial charge is 0.286 e. The van der Waals surface area contributed by atoms with Crippen LogP contribution in [0.3, 0.4) is 0 Å².